The van der Waals surface area contributed by atoms with E-state index in [0.29, 0.717) is 10.7 Å². The molecule has 1 aromatic carbocycles. The number of nitrogens with zero attached hydrogens (tertiary/aromatic N) is 2. The summed E-state index contributed by atoms with van der Waals surface area (Å²) in [6.45, 7) is 0. The standard InChI is InChI=1S/C13H10ClN3/c14-10-6-11(15)13-16-12(8-17(13)7-10)9-4-2-1-3-5-9/h1-8H,15H2. The summed E-state index contributed by atoms with van der Waals surface area (Å²) in [7, 11) is 0. The number of fused-ring (bicyclic) bond motifs is 1. The van der Waals surface area contributed by atoms with Gasteiger partial charge in [0.15, 0.2) is 5.65 Å². The Kier molecular flexibility index (Phi) is 2.27. The number of nitrogen functional groups attached to an aromatic ring is 1. The van der Waals surface area contributed by atoms with Crippen molar-refractivity contribution in [3.05, 3.63) is 53.8 Å². The van der Waals surface area contributed by atoms with E-state index in [1.165, 1.54) is 0 Å². The lowest BCUT2D eigenvalue weighted by Crippen LogP contribution is -1.91. The molecule has 0 aliphatic carbocycles. The molecule has 0 saturated carbocycles. The van der Waals surface area contributed by atoms with Crippen LogP contribution >= 0.6 is 11.6 Å². The lowest BCUT2D eigenvalue weighted by atomic mass is 10.2. The Morgan fingerprint density at radius 3 is 2.65 bits per heavy atom. The second-order valence-corrected chi connectivity index (χ2v) is 4.27. The van der Waals surface area contributed by atoms with Crippen molar-refractivity contribution in [1.29, 1.82) is 0 Å². The van der Waals surface area contributed by atoms with Crippen LogP contribution in [0.3, 0.4) is 0 Å². The molecule has 0 radical (unpaired) electrons. The lowest BCUT2D eigenvalue weighted by molar-refractivity contribution is 1.19. The van der Waals surface area contributed by atoms with Crippen LogP contribution in [0.25, 0.3) is 16.9 Å². The highest BCUT2D eigenvalue weighted by Gasteiger charge is 2.07. The summed E-state index contributed by atoms with van der Waals surface area (Å²) in [6.07, 6.45) is 3.72. The molecule has 0 fully saturated rings. The van der Waals surface area contributed by atoms with E-state index >= 15 is 0 Å². The molecule has 0 saturated heterocycles. The maximum atomic E-state index is 5.95. The Morgan fingerprint density at radius 2 is 1.88 bits per heavy atom. The number of pyridine rings is 1. The summed E-state index contributed by atoms with van der Waals surface area (Å²) in [5, 5.41) is 0.604. The number of halogens is 1. The van der Waals surface area contributed by atoms with Gasteiger partial charge in [0.1, 0.15) is 0 Å². The van der Waals surface area contributed by atoms with E-state index in [-0.39, 0.29) is 0 Å². The molecule has 0 bridgehead atoms. The van der Waals surface area contributed by atoms with Crippen LogP contribution < -0.4 is 5.73 Å². The summed E-state index contributed by atoms with van der Waals surface area (Å²) in [6, 6.07) is 11.7. The van der Waals surface area contributed by atoms with Gasteiger partial charge in [-0.3, -0.25) is 0 Å². The van der Waals surface area contributed by atoms with E-state index in [0.717, 1.165) is 16.9 Å². The predicted molar refractivity (Wildman–Crippen MR) is 70.1 cm³/mol. The van der Waals surface area contributed by atoms with Crippen LogP contribution in [-0.4, -0.2) is 9.38 Å². The van der Waals surface area contributed by atoms with Gasteiger partial charge in [0.2, 0.25) is 0 Å². The van der Waals surface area contributed by atoms with Gasteiger partial charge in [0, 0.05) is 18.0 Å². The fraction of sp³-hybridized carbons (Fsp3) is 0. The van der Waals surface area contributed by atoms with E-state index in [2.05, 4.69) is 4.98 Å². The zero-order chi connectivity index (χ0) is 11.8. The van der Waals surface area contributed by atoms with E-state index in [4.69, 9.17) is 17.3 Å². The Hall–Kier alpha value is -2.00. The molecule has 0 atom stereocenters. The first kappa shape index (κ1) is 10.2. The highest BCUT2D eigenvalue weighted by atomic mass is 35.5. The molecular formula is C13H10ClN3. The van der Waals surface area contributed by atoms with Crippen molar-refractivity contribution in [3.8, 4) is 11.3 Å². The van der Waals surface area contributed by atoms with Crippen LogP contribution in [0, 0.1) is 0 Å². The zero-order valence-corrected chi connectivity index (χ0v) is 9.72. The number of hydrogen-bond acceptors (Lipinski definition) is 2. The summed E-state index contributed by atoms with van der Waals surface area (Å²) >= 11 is 5.95. The number of hydrogen-bond donors (Lipinski definition) is 1. The molecule has 3 rings (SSSR count). The molecule has 0 unspecified atom stereocenters. The third-order valence-electron chi connectivity index (χ3n) is 2.62. The molecule has 3 nitrogen and oxygen atoms in total. The molecule has 2 heterocycles. The third-order valence-corrected chi connectivity index (χ3v) is 2.82. The minimum absolute atomic E-state index is 0.583. The van der Waals surface area contributed by atoms with Gasteiger partial charge >= 0.3 is 0 Å². The van der Waals surface area contributed by atoms with Crippen LogP contribution in [0.2, 0.25) is 5.02 Å². The van der Waals surface area contributed by atoms with E-state index in [1.54, 1.807) is 12.3 Å². The first-order valence-corrected chi connectivity index (χ1v) is 5.61. The Bertz CT molecular complexity index is 674. The Labute approximate surface area is 103 Å². The van der Waals surface area contributed by atoms with Crippen molar-refractivity contribution in [3.63, 3.8) is 0 Å². The highest BCUT2D eigenvalue weighted by Crippen LogP contribution is 2.23. The first-order valence-electron chi connectivity index (χ1n) is 5.23. The molecule has 0 aliphatic rings. The molecule has 84 valence electrons. The van der Waals surface area contributed by atoms with Gasteiger partial charge < -0.3 is 10.1 Å². The summed E-state index contributed by atoms with van der Waals surface area (Å²) in [5.74, 6) is 0. The molecule has 4 heteroatoms. The molecule has 0 aliphatic heterocycles. The fourth-order valence-electron chi connectivity index (χ4n) is 1.84. The normalized spacial score (nSPS) is 10.9. The maximum Gasteiger partial charge on any atom is 0.160 e. The number of anilines is 1. The average Bonchev–Trinajstić information content (AvgIpc) is 2.74. The molecule has 3 aromatic rings. The van der Waals surface area contributed by atoms with Crippen molar-refractivity contribution in [2.75, 3.05) is 5.73 Å². The number of imidazole rings is 1. The second kappa shape index (κ2) is 3.79. The Balaban J connectivity index is 2.24. The summed E-state index contributed by atoms with van der Waals surface area (Å²) in [4.78, 5) is 4.50. The number of nitrogens with two attached hydrogens (primary N) is 1. The predicted octanol–water partition coefficient (Wildman–Crippen LogP) is 3.24. The fourth-order valence-corrected chi connectivity index (χ4v) is 2.06. The van der Waals surface area contributed by atoms with E-state index in [1.807, 2.05) is 40.9 Å². The molecular weight excluding hydrogens is 234 g/mol. The van der Waals surface area contributed by atoms with E-state index < -0.39 is 0 Å². The quantitative estimate of drug-likeness (QED) is 0.713. The van der Waals surface area contributed by atoms with Crippen molar-refractivity contribution in [2.24, 2.45) is 0 Å². The first-order chi connectivity index (χ1) is 8.24. The van der Waals surface area contributed by atoms with Gasteiger partial charge in [0.05, 0.1) is 16.4 Å². The topological polar surface area (TPSA) is 43.3 Å². The molecule has 2 N–H and O–H groups in total. The van der Waals surface area contributed by atoms with Gasteiger partial charge in [-0.15, -0.1) is 0 Å². The SMILES string of the molecule is Nc1cc(Cl)cn2cc(-c3ccccc3)nc12. The number of aromatic nitrogens is 2. The second-order valence-electron chi connectivity index (χ2n) is 3.84. The summed E-state index contributed by atoms with van der Waals surface area (Å²) in [5.41, 5.74) is 9.14. The number of rotatable bonds is 1. The average molecular weight is 244 g/mol. The maximum absolute atomic E-state index is 5.95. The molecule has 17 heavy (non-hydrogen) atoms. The smallest absolute Gasteiger partial charge is 0.160 e. The third kappa shape index (κ3) is 1.74. The van der Waals surface area contributed by atoms with Crippen LogP contribution in [0.15, 0.2) is 48.8 Å². The van der Waals surface area contributed by atoms with Crippen LogP contribution in [-0.2, 0) is 0 Å². The van der Waals surface area contributed by atoms with Crippen LogP contribution in [0.5, 0.6) is 0 Å². The van der Waals surface area contributed by atoms with Gasteiger partial charge in [-0.2, -0.15) is 0 Å². The van der Waals surface area contributed by atoms with Gasteiger partial charge in [-0.25, -0.2) is 4.98 Å². The van der Waals surface area contributed by atoms with Crippen molar-refractivity contribution < 1.29 is 0 Å². The minimum atomic E-state index is 0.583. The van der Waals surface area contributed by atoms with Crippen molar-refractivity contribution in [2.45, 2.75) is 0 Å². The lowest BCUT2D eigenvalue weighted by Gasteiger charge is -1.97. The monoisotopic (exact) mass is 243 g/mol. The molecule has 0 amide bonds. The highest BCUT2D eigenvalue weighted by molar-refractivity contribution is 6.30. The summed E-state index contributed by atoms with van der Waals surface area (Å²) < 4.78 is 1.85. The zero-order valence-electron chi connectivity index (χ0n) is 8.97. The largest absolute Gasteiger partial charge is 0.396 e. The van der Waals surface area contributed by atoms with E-state index in [9.17, 15) is 0 Å². The van der Waals surface area contributed by atoms with Crippen molar-refractivity contribution >= 4 is 22.9 Å². The number of benzene rings is 1. The van der Waals surface area contributed by atoms with Gasteiger partial charge in [-0.1, -0.05) is 41.9 Å². The van der Waals surface area contributed by atoms with Gasteiger partial charge in [0.25, 0.3) is 0 Å². The van der Waals surface area contributed by atoms with Crippen molar-refractivity contribution in [1.82, 2.24) is 9.38 Å². The van der Waals surface area contributed by atoms with Crippen LogP contribution in [0.1, 0.15) is 0 Å². The van der Waals surface area contributed by atoms with Crippen LogP contribution in [0.4, 0.5) is 5.69 Å². The Morgan fingerprint density at radius 1 is 1.12 bits per heavy atom. The molecule has 2 aromatic heterocycles. The minimum Gasteiger partial charge on any atom is -0.396 e. The van der Waals surface area contributed by atoms with Gasteiger partial charge in [-0.05, 0) is 6.07 Å². The molecule has 0 spiro atoms.